The minimum atomic E-state index is -0.412. The highest BCUT2D eigenvalue weighted by molar-refractivity contribution is 8.00. The highest BCUT2D eigenvalue weighted by Gasteiger charge is 2.21. The number of thioether (sulfide) groups is 1. The Morgan fingerprint density at radius 1 is 1.26 bits per heavy atom. The molecule has 0 fully saturated rings. The van der Waals surface area contributed by atoms with E-state index in [1.54, 1.807) is 31.5 Å². The van der Waals surface area contributed by atoms with Crippen LogP contribution in [0.5, 0.6) is 5.75 Å². The van der Waals surface area contributed by atoms with Gasteiger partial charge in [-0.1, -0.05) is 24.3 Å². The van der Waals surface area contributed by atoms with E-state index in [-0.39, 0.29) is 17.5 Å². The van der Waals surface area contributed by atoms with E-state index in [0.29, 0.717) is 10.7 Å². The number of carbonyl (C=O) groups excluding carboxylic acids is 1. The second-order valence-electron chi connectivity index (χ2n) is 5.89. The van der Waals surface area contributed by atoms with Crippen molar-refractivity contribution in [3.8, 4) is 5.75 Å². The van der Waals surface area contributed by atoms with Crippen LogP contribution in [0.15, 0.2) is 65.8 Å². The van der Waals surface area contributed by atoms with E-state index in [9.17, 15) is 9.18 Å². The number of halogens is 1. The van der Waals surface area contributed by atoms with E-state index in [0.717, 1.165) is 11.3 Å². The molecular weight excluding hydrogens is 365 g/mol. The van der Waals surface area contributed by atoms with Gasteiger partial charge in [0.1, 0.15) is 23.4 Å². The summed E-state index contributed by atoms with van der Waals surface area (Å²) < 4.78 is 20.8. The van der Waals surface area contributed by atoms with Crippen LogP contribution in [0, 0.1) is 5.82 Å². The van der Waals surface area contributed by atoms with E-state index in [1.807, 2.05) is 42.1 Å². The van der Waals surface area contributed by atoms with Crippen molar-refractivity contribution in [2.24, 2.45) is 7.05 Å². The third kappa shape index (κ3) is 4.68. The van der Waals surface area contributed by atoms with Crippen LogP contribution in [0.2, 0.25) is 0 Å². The number of imidazole rings is 1. The summed E-state index contributed by atoms with van der Waals surface area (Å²) in [5.74, 6) is 1.03. The topological polar surface area (TPSA) is 56.1 Å². The van der Waals surface area contributed by atoms with Crippen LogP contribution in [0.4, 0.5) is 4.39 Å². The molecule has 0 aliphatic rings. The zero-order valence-corrected chi connectivity index (χ0v) is 15.9. The fourth-order valence-electron chi connectivity index (χ4n) is 2.66. The van der Waals surface area contributed by atoms with Crippen molar-refractivity contribution in [3.63, 3.8) is 0 Å². The molecule has 1 amide bonds. The molecule has 1 N–H and O–H groups in total. The van der Waals surface area contributed by atoms with Gasteiger partial charge in [-0.05, 0) is 29.8 Å². The number of carbonyl (C=O) groups is 1. The fourth-order valence-corrected chi connectivity index (χ4v) is 3.41. The van der Waals surface area contributed by atoms with Gasteiger partial charge < -0.3 is 14.6 Å². The zero-order valence-electron chi connectivity index (χ0n) is 15.1. The molecule has 27 heavy (non-hydrogen) atoms. The smallest absolute Gasteiger partial charge is 0.231 e. The van der Waals surface area contributed by atoms with Gasteiger partial charge >= 0.3 is 0 Å². The van der Waals surface area contributed by atoms with Crippen LogP contribution in [-0.4, -0.2) is 28.3 Å². The van der Waals surface area contributed by atoms with Gasteiger partial charge in [-0.25, -0.2) is 9.37 Å². The molecule has 1 unspecified atom stereocenters. The lowest BCUT2D eigenvalue weighted by molar-refractivity contribution is -0.119. The number of nitrogens with zero attached hydrogens (tertiary/aromatic N) is 2. The van der Waals surface area contributed by atoms with Crippen molar-refractivity contribution in [3.05, 3.63) is 78.1 Å². The van der Waals surface area contributed by atoms with E-state index in [2.05, 4.69) is 10.3 Å². The van der Waals surface area contributed by atoms with Crippen LogP contribution in [0.1, 0.15) is 17.4 Å². The molecule has 3 aromatic rings. The largest absolute Gasteiger partial charge is 0.497 e. The summed E-state index contributed by atoms with van der Waals surface area (Å²) in [5, 5.41) is 3.00. The molecule has 0 aliphatic carbocycles. The summed E-state index contributed by atoms with van der Waals surface area (Å²) in [5.41, 5.74) is 0.884. The number of aryl methyl sites for hydroxylation is 1. The molecule has 0 spiro atoms. The Balaban J connectivity index is 1.76. The molecule has 0 radical (unpaired) electrons. The standard InChI is InChI=1S/C20H20FN3O2S/c1-24-12-11-22-20(24)19(14-7-9-15(26-2)10-8-14)23-18(25)13-27-17-6-4-3-5-16(17)21/h3-12,19H,13H2,1-2H3,(H,23,25). The van der Waals surface area contributed by atoms with Crippen LogP contribution >= 0.6 is 11.8 Å². The van der Waals surface area contributed by atoms with Crippen LogP contribution in [0.3, 0.4) is 0 Å². The second-order valence-corrected chi connectivity index (χ2v) is 6.91. The molecule has 0 bridgehead atoms. The number of hydrogen-bond donors (Lipinski definition) is 1. The Labute approximate surface area is 161 Å². The van der Waals surface area contributed by atoms with Gasteiger partial charge in [0.15, 0.2) is 0 Å². The summed E-state index contributed by atoms with van der Waals surface area (Å²) in [7, 11) is 3.48. The maximum Gasteiger partial charge on any atom is 0.231 e. The fraction of sp³-hybridized carbons (Fsp3) is 0.200. The Morgan fingerprint density at radius 2 is 2.00 bits per heavy atom. The summed E-state index contributed by atoms with van der Waals surface area (Å²) >= 11 is 1.17. The summed E-state index contributed by atoms with van der Waals surface area (Å²) in [6.07, 6.45) is 3.51. The highest BCUT2D eigenvalue weighted by atomic mass is 32.2. The number of hydrogen-bond acceptors (Lipinski definition) is 4. The van der Waals surface area contributed by atoms with Gasteiger partial charge in [0.25, 0.3) is 0 Å². The van der Waals surface area contributed by atoms with Crippen molar-refractivity contribution in [1.82, 2.24) is 14.9 Å². The lowest BCUT2D eigenvalue weighted by atomic mass is 10.1. The number of methoxy groups -OCH3 is 1. The van der Waals surface area contributed by atoms with Gasteiger partial charge in [0.2, 0.25) is 5.91 Å². The lowest BCUT2D eigenvalue weighted by Crippen LogP contribution is -2.32. The quantitative estimate of drug-likeness (QED) is 0.632. The first-order valence-electron chi connectivity index (χ1n) is 8.36. The minimum Gasteiger partial charge on any atom is -0.497 e. The molecule has 2 aromatic carbocycles. The number of aromatic nitrogens is 2. The van der Waals surface area contributed by atoms with E-state index in [4.69, 9.17) is 4.74 Å². The Bertz CT molecular complexity index is 912. The molecule has 1 atom stereocenters. The summed E-state index contributed by atoms with van der Waals surface area (Å²) in [4.78, 5) is 17.3. The van der Waals surface area contributed by atoms with Gasteiger partial charge in [0.05, 0.1) is 12.9 Å². The van der Waals surface area contributed by atoms with Crippen LogP contribution < -0.4 is 10.1 Å². The Hall–Kier alpha value is -2.80. The average Bonchev–Trinajstić information content (AvgIpc) is 3.11. The number of amides is 1. The molecule has 140 valence electrons. The third-order valence-electron chi connectivity index (χ3n) is 4.07. The first-order chi connectivity index (χ1) is 13.1. The van der Waals surface area contributed by atoms with E-state index in [1.165, 1.54) is 17.8 Å². The highest BCUT2D eigenvalue weighted by Crippen LogP contribution is 2.24. The maximum absolute atomic E-state index is 13.7. The maximum atomic E-state index is 13.7. The minimum absolute atomic E-state index is 0.109. The first-order valence-corrected chi connectivity index (χ1v) is 9.35. The molecular formula is C20H20FN3O2S. The van der Waals surface area contributed by atoms with E-state index < -0.39 is 6.04 Å². The monoisotopic (exact) mass is 385 g/mol. The van der Waals surface area contributed by atoms with E-state index >= 15 is 0 Å². The molecule has 5 nitrogen and oxygen atoms in total. The molecule has 0 saturated heterocycles. The molecule has 7 heteroatoms. The van der Waals surface area contributed by atoms with Crippen molar-refractivity contribution in [1.29, 1.82) is 0 Å². The van der Waals surface area contributed by atoms with Crippen molar-refractivity contribution in [2.45, 2.75) is 10.9 Å². The lowest BCUT2D eigenvalue weighted by Gasteiger charge is -2.19. The first kappa shape index (κ1) is 19.0. The normalized spacial score (nSPS) is 11.8. The van der Waals surface area contributed by atoms with Gasteiger partial charge in [-0.2, -0.15) is 0 Å². The van der Waals surface area contributed by atoms with Gasteiger partial charge in [0, 0.05) is 24.3 Å². The van der Waals surface area contributed by atoms with Crippen molar-refractivity contribution in [2.75, 3.05) is 12.9 Å². The van der Waals surface area contributed by atoms with Crippen molar-refractivity contribution >= 4 is 17.7 Å². The average molecular weight is 385 g/mol. The third-order valence-corrected chi connectivity index (χ3v) is 5.12. The van der Waals surface area contributed by atoms with Crippen LogP contribution in [-0.2, 0) is 11.8 Å². The zero-order chi connectivity index (χ0) is 19.2. The van der Waals surface area contributed by atoms with Gasteiger partial charge in [-0.15, -0.1) is 11.8 Å². The Kier molecular flexibility index (Phi) is 6.13. The molecule has 3 rings (SSSR count). The number of nitrogens with one attached hydrogen (secondary N) is 1. The summed E-state index contributed by atoms with van der Waals surface area (Å²) in [6, 6.07) is 13.5. The predicted octanol–water partition coefficient (Wildman–Crippen LogP) is 3.57. The number of rotatable bonds is 7. The molecule has 1 heterocycles. The van der Waals surface area contributed by atoms with Crippen molar-refractivity contribution < 1.29 is 13.9 Å². The van der Waals surface area contributed by atoms with Gasteiger partial charge in [-0.3, -0.25) is 4.79 Å². The Morgan fingerprint density at radius 3 is 2.63 bits per heavy atom. The summed E-state index contributed by atoms with van der Waals surface area (Å²) in [6.45, 7) is 0. The molecule has 0 aliphatic heterocycles. The molecule has 1 aromatic heterocycles. The second kappa shape index (κ2) is 8.73. The predicted molar refractivity (Wildman–Crippen MR) is 103 cm³/mol. The SMILES string of the molecule is COc1ccc(C(NC(=O)CSc2ccccc2F)c2nccn2C)cc1. The number of ether oxygens (including phenoxy) is 1. The molecule has 0 saturated carbocycles. The van der Waals surface area contributed by atoms with Crippen LogP contribution in [0.25, 0.3) is 0 Å². The number of benzene rings is 2.